The second-order valence-corrected chi connectivity index (χ2v) is 4.68. The summed E-state index contributed by atoms with van der Waals surface area (Å²) in [6.45, 7) is 5.91. The van der Waals surface area contributed by atoms with Gasteiger partial charge in [0.05, 0.1) is 5.84 Å². The van der Waals surface area contributed by atoms with Crippen molar-refractivity contribution < 1.29 is 0 Å². The molecule has 3 N–H and O–H groups in total. The maximum Gasteiger partial charge on any atom is 0.0905 e. The molecule has 1 rings (SSSR count). The lowest BCUT2D eigenvalue weighted by molar-refractivity contribution is 0.278. The van der Waals surface area contributed by atoms with Gasteiger partial charge in [0.2, 0.25) is 0 Å². The predicted octanol–water partition coefficient (Wildman–Crippen LogP) is 2.21. The summed E-state index contributed by atoms with van der Waals surface area (Å²) in [7, 11) is 0. The van der Waals surface area contributed by atoms with Crippen LogP contribution in [0.3, 0.4) is 0 Å². The van der Waals surface area contributed by atoms with Crippen LogP contribution in [0.25, 0.3) is 0 Å². The number of hydrogen-bond acceptors (Lipinski definition) is 2. The van der Waals surface area contributed by atoms with Crippen molar-refractivity contribution in [3.8, 4) is 0 Å². The van der Waals surface area contributed by atoms with Crippen LogP contribution < -0.4 is 5.73 Å². The van der Waals surface area contributed by atoms with E-state index in [1.54, 1.807) is 0 Å². The Kier molecular flexibility index (Phi) is 5.69. The second-order valence-electron chi connectivity index (χ2n) is 4.68. The van der Waals surface area contributed by atoms with Crippen LogP contribution in [-0.4, -0.2) is 30.4 Å². The van der Waals surface area contributed by atoms with Gasteiger partial charge in [-0.15, -0.1) is 0 Å². The average molecular weight is 211 g/mol. The van der Waals surface area contributed by atoms with E-state index in [1.807, 2.05) is 0 Å². The summed E-state index contributed by atoms with van der Waals surface area (Å²) in [5.74, 6) is 1.28. The van der Waals surface area contributed by atoms with E-state index in [9.17, 15) is 0 Å². The molecule has 1 aliphatic heterocycles. The number of nitrogens with zero attached hydrogens (tertiary/aromatic N) is 1. The van der Waals surface area contributed by atoms with Gasteiger partial charge in [-0.1, -0.05) is 13.3 Å². The van der Waals surface area contributed by atoms with Gasteiger partial charge in [-0.2, -0.15) is 0 Å². The number of amidine groups is 1. The first-order valence-corrected chi connectivity index (χ1v) is 6.27. The zero-order valence-corrected chi connectivity index (χ0v) is 9.97. The first-order valence-electron chi connectivity index (χ1n) is 6.27. The fourth-order valence-corrected chi connectivity index (χ4v) is 2.35. The van der Waals surface area contributed by atoms with Crippen molar-refractivity contribution in [3.05, 3.63) is 0 Å². The first kappa shape index (κ1) is 12.5. The maximum absolute atomic E-state index is 7.18. The lowest BCUT2D eigenvalue weighted by atomic mass is 9.98. The van der Waals surface area contributed by atoms with Gasteiger partial charge in [0.1, 0.15) is 0 Å². The van der Waals surface area contributed by atoms with Gasteiger partial charge in [0.15, 0.2) is 0 Å². The Morgan fingerprint density at radius 2 is 2.20 bits per heavy atom. The highest BCUT2D eigenvalue weighted by Gasteiger charge is 2.14. The van der Waals surface area contributed by atoms with E-state index in [0.717, 1.165) is 25.3 Å². The van der Waals surface area contributed by atoms with Crippen molar-refractivity contribution in [2.24, 2.45) is 11.7 Å². The molecule has 15 heavy (non-hydrogen) atoms. The molecule has 0 amide bonds. The number of nitrogens with one attached hydrogen (secondary N) is 1. The molecule has 1 unspecified atom stereocenters. The average Bonchev–Trinajstić information content (AvgIpc) is 2.42. The summed E-state index contributed by atoms with van der Waals surface area (Å²) in [4.78, 5) is 2.54. The Morgan fingerprint density at radius 1 is 1.40 bits per heavy atom. The molecule has 3 nitrogen and oxygen atoms in total. The molecule has 1 atom stereocenters. The molecule has 1 heterocycles. The minimum absolute atomic E-state index is 0.330. The Hall–Kier alpha value is -0.570. The third-order valence-electron chi connectivity index (χ3n) is 3.44. The minimum Gasteiger partial charge on any atom is -0.388 e. The van der Waals surface area contributed by atoms with Crippen LogP contribution in [-0.2, 0) is 0 Å². The molecule has 3 heteroatoms. The van der Waals surface area contributed by atoms with E-state index in [1.165, 1.54) is 38.8 Å². The van der Waals surface area contributed by atoms with Gasteiger partial charge in [0.25, 0.3) is 0 Å². The lowest BCUT2D eigenvalue weighted by Gasteiger charge is -2.19. The van der Waals surface area contributed by atoms with Crippen molar-refractivity contribution in [2.45, 2.75) is 45.4 Å². The summed E-state index contributed by atoms with van der Waals surface area (Å²) in [6, 6.07) is 0. The summed E-state index contributed by atoms with van der Waals surface area (Å²) >= 11 is 0. The normalized spacial score (nSPS) is 23.7. The third kappa shape index (κ3) is 5.17. The molecule has 0 aromatic heterocycles. The molecule has 0 radical (unpaired) electrons. The Bertz CT molecular complexity index is 191. The van der Waals surface area contributed by atoms with Crippen LogP contribution >= 0.6 is 0 Å². The molecule has 0 aromatic carbocycles. The molecule has 1 saturated heterocycles. The standard InChI is InChI=1S/C12H25N3/c1-2-11-5-3-8-15(10-7-11)9-4-6-12(13)14/h11H,2-10H2,1H3,(H3,13,14). The summed E-state index contributed by atoms with van der Waals surface area (Å²) in [5.41, 5.74) is 5.35. The topological polar surface area (TPSA) is 53.1 Å². The monoisotopic (exact) mass is 211 g/mol. The van der Waals surface area contributed by atoms with Gasteiger partial charge in [-0.05, 0) is 51.2 Å². The van der Waals surface area contributed by atoms with Crippen LogP contribution in [0.5, 0.6) is 0 Å². The highest BCUT2D eigenvalue weighted by Crippen LogP contribution is 2.20. The van der Waals surface area contributed by atoms with Crippen LogP contribution in [0.1, 0.15) is 45.4 Å². The van der Waals surface area contributed by atoms with Gasteiger partial charge in [-0.3, -0.25) is 5.41 Å². The highest BCUT2D eigenvalue weighted by molar-refractivity contribution is 5.76. The van der Waals surface area contributed by atoms with Gasteiger partial charge in [-0.25, -0.2) is 0 Å². The quantitative estimate of drug-likeness (QED) is 0.541. The summed E-state index contributed by atoms with van der Waals surface area (Å²) < 4.78 is 0. The van der Waals surface area contributed by atoms with Gasteiger partial charge < -0.3 is 10.6 Å². The number of likely N-dealkylation sites (tertiary alicyclic amines) is 1. The fraction of sp³-hybridized carbons (Fsp3) is 0.917. The zero-order valence-electron chi connectivity index (χ0n) is 9.97. The molecule has 1 aliphatic rings. The van der Waals surface area contributed by atoms with Gasteiger partial charge in [0, 0.05) is 6.42 Å². The van der Waals surface area contributed by atoms with Crippen LogP contribution in [0, 0.1) is 11.3 Å². The van der Waals surface area contributed by atoms with Crippen molar-refractivity contribution in [3.63, 3.8) is 0 Å². The molecular weight excluding hydrogens is 186 g/mol. The first-order chi connectivity index (χ1) is 7.22. The van der Waals surface area contributed by atoms with Crippen molar-refractivity contribution in [1.29, 1.82) is 5.41 Å². The number of rotatable bonds is 5. The van der Waals surface area contributed by atoms with E-state index >= 15 is 0 Å². The fourth-order valence-electron chi connectivity index (χ4n) is 2.35. The number of nitrogens with two attached hydrogens (primary N) is 1. The predicted molar refractivity (Wildman–Crippen MR) is 65.2 cm³/mol. The summed E-state index contributed by atoms with van der Waals surface area (Å²) in [6.07, 6.45) is 7.25. The van der Waals surface area contributed by atoms with Gasteiger partial charge >= 0.3 is 0 Å². The Morgan fingerprint density at radius 3 is 2.87 bits per heavy atom. The van der Waals surface area contributed by atoms with E-state index in [-0.39, 0.29) is 0 Å². The van der Waals surface area contributed by atoms with Crippen LogP contribution in [0.15, 0.2) is 0 Å². The molecule has 0 saturated carbocycles. The van der Waals surface area contributed by atoms with Crippen molar-refractivity contribution >= 4 is 5.84 Å². The zero-order chi connectivity index (χ0) is 11.1. The molecule has 88 valence electrons. The number of hydrogen-bond donors (Lipinski definition) is 2. The molecular formula is C12H25N3. The largest absolute Gasteiger partial charge is 0.388 e. The molecule has 0 spiro atoms. The lowest BCUT2D eigenvalue weighted by Crippen LogP contribution is -2.26. The smallest absolute Gasteiger partial charge is 0.0905 e. The molecule has 0 aromatic rings. The third-order valence-corrected chi connectivity index (χ3v) is 3.44. The van der Waals surface area contributed by atoms with E-state index < -0.39 is 0 Å². The Labute approximate surface area is 93.5 Å². The highest BCUT2D eigenvalue weighted by atomic mass is 15.1. The maximum atomic E-state index is 7.18. The second kappa shape index (κ2) is 6.83. The Balaban J connectivity index is 2.16. The molecule has 1 fully saturated rings. The van der Waals surface area contributed by atoms with Crippen molar-refractivity contribution in [2.75, 3.05) is 19.6 Å². The van der Waals surface area contributed by atoms with E-state index in [2.05, 4.69) is 11.8 Å². The SMILES string of the molecule is CCC1CCCN(CCCC(=N)N)CC1. The van der Waals surface area contributed by atoms with Crippen molar-refractivity contribution in [1.82, 2.24) is 4.90 Å². The van der Waals surface area contributed by atoms with E-state index in [0.29, 0.717) is 5.84 Å². The van der Waals surface area contributed by atoms with Crippen LogP contribution in [0.2, 0.25) is 0 Å². The summed E-state index contributed by atoms with van der Waals surface area (Å²) in [5, 5.41) is 7.18. The molecule has 0 bridgehead atoms. The molecule has 0 aliphatic carbocycles. The van der Waals surface area contributed by atoms with E-state index in [4.69, 9.17) is 11.1 Å². The van der Waals surface area contributed by atoms with Crippen LogP contribution in [0.4, 0.5) is 0 Å². The minimum atomic E-state index is 0.330.